The van der Waals surface area contributed by atoms with E-state index in [4.69, 9.17) is 11.6 Å². The van der Waals surface area contributed by atoms with Gasteiger partial charge in [-0.2, -0.15) is 0 Å². The van der Waals surface area contributed by atoms with Crippen molar-refractivity contribution < 1.29 is 13.2 Å². The number of halogens is 4. The molecule has 0 bridgehead atoms. The van der Waals surface area contributed by atoms with Crippen LogP contribution in [0.4, 0.5) is 24.5 Å². The second-order valence-electron chi connectivity index (χ2n) is 3.81. The Morgan fingerprint density at radius 1 is 0.938 bits per heavy atom. The Kier molecular flexibility index (Phi) is 2.45. The zero-order chi connectivity index (χ0) is 12.2. The van der Waals surface area contributed by atoms with E-state index in [1.54, 1.807) is 25.9 Å². The minimum atomic E-state index is -1.53. The molecular weight excluding hydrogens is 241 g/mol. The van der Waals surface area contributed by atoms with Crippen LogP contribution in [0.1, 0.15) is 6.92 Å². The Hall–Kier alpha value is -1.10. The summed E-state index contributed by atoms with van der Waals surface area (Å²) in [5.41, 5.74) is 0.187. The van der Waals surface area contributed by atoms with E-state index in [1.807, 2.05) is 0 Å². The first kappa shape index (κ1) is 11.4. The van der Waals surface area contributed by atoms with Gasteiger partial charge in [-0.25, -0.2) is 13.2 Å². The first-order chi connectivity index (χ1) is 7.37. The lowest BCUT2D eigenvalue weighted by Crippen LogP contribution is -2.36. The van der Waals surface area contributed by atoms with Crippen LogP contribution in [0.2, 0.25) is 5.02 Å². The fourth-order valence-electron chi connectivity index (χ4n) is 1.89. The molecule has 0 saturated carbocycles. The van der Waals surface area contributed by atoms with Crippen molar-refractivity contribution in [1.82, 2.24) is 0 Å². The molecule has 0 N–H and O–H groups in total. The van der Waals surface area contributed by atoms with Crippen molar-refractivity contribution in [3.8, 4) is 0 Å². The van der Waals surface area contributed by atoms with Crippen molar-refractivity contribution in [3.63, 3.8) is 0 Å². The summed E-state index contributed by atoms with van der Waals surface area (Å²) in [6.07, 6.45) is -0.205. The van der Waals surface area contributed by atoms with Crippen molar-refractivity contribution in [1.29, 1.82) is 0 Å². The molecule has 2 rings (SSSR count). The molecule has 0 aliphatic carbocycles. The first-order valence-corrected chi connectivity index (χ1v) is 5.07. The Labute approximate surface area is 96.2 Å². The summed E-state index contributed by atoms with van der Waals surface area (Å²) in [6.45, 7) is 1.78. The number of hydrogen-bond acceptors (Lipinski definition) is 2. The monoisotopic (exact) mass is 250 g/mol. The van der Waals surface area contributed by atoms with Crippen LogP contribution in [0.5, 0.6) is 0 Å². The molecule has 0 saturated heterocycles. The van der Waals surface area contributed by atoms with Crippen molar-refractivity contribution in [2.75, 3.05) is 23.9 Å². The zero-order valence-corrected chi connectivity index (χ0v) is 9.74. The van der Waals surface area contributed by atoms with E-state index in [0.29, 0.717) is 0 Å². The van der Waals surface area contributed by atoms with Crippen LogP contribution in [0.15, 0.2) is 0 Å². The Bertz CT molecular complexity index is 423. The van der Waals surface area contributed by atoms with Crippen LogP contribution in [-0.4, -0.2) is 20.3 Å². The molecule has 0 spiro atoms. The molecule has 1 aromatic rings. The van der Waals surface area contributed by atoms with Gasteiger partial charge in [0.05, 0.1) is 11.9 Å². The molecule has 1 heterocycles. The number of nitrogens with zero attached hydrogens (tertiary/aromatic N) is 2. The molecule has 88 valence electrons. The summed E-state index contributed by atoms with van der Waals surface area (Å²) in [5.74, 6) is -4.07. The van der Waals surface area contributed by atoms with Crippen molar-refractivity contribution in [3.05, 3.63) is 22.5 Å². The highest BCUT2D eigenvalue weighted by Gasteiger charge is 2.36. The highest BCUT2D eigenvalue weighted by molar-refractivity contribution is 6.34. The van der Waals surface area contributed by atoms with Gasteiger partial charge in [0.25, 0.3) is 0 Å². The number of benzene rings is 1. The lowest BCUT2D eigenvalue weighted by molar-refractivity contribution is 0.449. The van der Waals surface area contributed by atoms with Crippen LogP contribution in [0.3, 0.4) is 0 Å². The predicted molar refractivity (Wildman–Crippen MR) is 57.6 cm³/mol. The fraction of sp³-hybridized carbons (Fsp3) is 0.400. The quantitative estimate of drug-likeness (QED) is 0.516. The zero-order valence-electron chi connectivity index (χ0n) is 8.98. The molecule has 0 fully saturated rings. The highest BCUT2D eigenvalue weighted by Crippen LogP contribution is 2.46. The maximum Gasteiger partial charge on any atom is 0.198 e. The summed E-state index contributed by atoms with van der Waals surface area (Å²) in [5, 5.41) is -0.382. The molecule has 1 unspecified atom stereocenters. The number of fused-ring (bicyclic) bond motifs is 1. The van der Waals surface area contributed by atoms with E-state index >= 15 is 0 Å². The van der Waals surface area contributed by atoms with Gasteiger partial charge < -0.3 is 9.80 Å². The van der Waals surface area contributed by atoms with Crippen molar-refractivity contribution in [2.24, 2.45) is 0 Å². The number of hydrogen-bond donors (Lipinski definition) is 0. The van der Waals surface area contributed by atoms with Crippen molar-refractivity contribution >= 4 is 23.0 Å². The van der Waals surface area contributed by atoms with Gasteiger partial charge in [0.1, 0.15) is 10.7 Å². The van der Waals surface area contributed by atoms with Gasteiger partial charge in [0, 0.05) is 14.1 Å². The molecule has 0 aromatic heterocycles. The normalized spacial score (nSPS) is 19.3. The highest BCUT2D eigenvalue weighted by atomic mass is 35.5. The summed E-state index contributed by atoms with van der Waals surface area (Å²) < 4.78 is 40.1. The van der Waals surface area contributed by atoms with Gasteiger partial charge in [-0.05, 0) is 6.92 Å². The Morgan fingerprint density at radius 2 is 1.44 bits per heavy atom. The third kappa shape index (κ3) is 1.21. The van der Waals surface area contributed by atoms with E-state index < -0.39 is 17.5 Å². The topological polar surface area (TPSA) is 6.48 Å². The smallest absolute Gasteiger partial charge is 0.198 e. The lowest BCUT2D eigenvalue weighted by atomic mass is 10.2. The average molecular weight is 251 g/mol. The average Bonchev–Trinajstić information content (AvgIpc) is 2.48. The first-order valence-electron chi connectivity index (χ1n) is 4.69. The minimum absolute atomic E-state index is 0.00102. The number of rotatable bonds is 0. The predicted octanol–water partition coefficient (Wildman–Crippen LogP) is 2.99. The maximum absolute atomic E-state index is 13.6. The van der Waals surface area contributed by atoms with E-state index in [-0.39, 0.29) is 22.6 Å². The largest absolute Gasteiger partial charge is 0.351 e. The van der Waals surface area contributed by atoms with Crippen LogP contribution in [0.25, 0.3) is 0 Å². The minimum Gasteiger partial charge on any atom is -0.351 e. The van der Waals surface area contributed by atoms with E-state index in [0.717, 1.165) is 0 Å². The van der Waals surface area contributed by atoms with Gasteiger partial charge in [0.15, 0.2) is 17.5 Å². The molecule has 1 aliphatic rings. The van der Waals surface area contributed by atoms with Crippen LogP contribution in [-0.2, 0) is 0 Å². The van der Waals surface area contributed by atoms with Gasteiger partial charge in [-0.15, -0.1) is 0 Å². The lowest BCUT2D eigenvalue weighted by Gasteiger charge is -2.23. The molecule has 1 atom stereocenters. The fourth-order valence-corrected chi connectivity index (χ4v) is 2.19. The molecule has 0 amide bonds. The molecule has 1 aliphatic heterocycles. The molecule has 1 aromatic carbocycles. The van der Waals surface area contributed by atoms with Crippen LogP contribution in [0, 0.1) is 17.5 Å². The Balaban J connectivity index is 2.80. The van der Waals surface area contributed by atoms with Gasteiger partial charge in [-0.3, -0.25) is 0 Å². The molecule has 0 radical (unpaired) electrons. The second kappa shape index (κ2) is 3.45. The van der Waals surface area contributed by atoms with Gasteiger partial charge in [0.2, 0.25) is 0 Å². The van der Waals surface area contributed by atoms with E-state index in [1.165, 1.54) is 4.90 Å². The van der Waals surface area contributed by atoms with Crippen LogP contribution < -0.4 is 9.80 Å². The summed E-state index contributed by atoms with van der Waals surface area (Å²) in [4.78, 5) is 3.11. The SMILES string of the molecule is CC1N(C)c2c(F)c(F)c(F)c(Cl)c2N1C. The molecule has 2 nitrogen and oxygen atoms in total. The van der Waals surface area contributed by atoms with Crippen LogP contribution >= 0.6 is 11.6 Å². The third-order valence-electron chi connectivity index (χ3n) is 3.04. The van der Waals surface area contributed by atoms with Gasteiger partial charge >= 0.3 is 0 Å². The van der Waals surface area contributed by atoms with Gasteiger partial charge in [-0.1, -0.05) is 11.6 Å². The molecule has 16 heavy (non-hydrogen) atoms. The molecular formula is C10H10ClF3N2. The standard InChI is InChI=1S/C10H10ClF3N2/c1-4-15(2)9-5(11)6(12)7(13)8(14)10(9)16(4)3/h4H,1-3H3. The summed E-state index contributed by atoms with van der Waals surface area (Å²) in [7, 11) is 3.25. The molecule has 6 heteroatoms. The maximum atomic E-state index is 13.6. The third-order valence-corrected chi connectivity index (χ3v) is 3.39. The summed E-state index contributed by atoms with van der Waals surface area (Å²) >= 11 is 5.69. The number of anilines is 2. The van der Waals surface area contributed by atoms with E-state index in [2.05, 4.69) is 0 Å². The second-order valence-corrected chi connectivity index (χ2v) is 4.18. The summed E-state index contributed by atoms with van der Waals surface area (Å²) in [6, 6.07) is 0. The van der Waals surface area contributed by atoms with Crippen molar-refractivity contribution in [2.45, 2.75) is 13.1 Å². The Morgan fingerprint density at radius 3 is 2.00 bits per heavy atom. The van der Waals surface area contributed by atoms with E-state index in [9.17, 15) is 13.2 Å².